The molecule has 4 aliphatic carbocycles. The molecule has 4 aliphatic rings. The van der Waals surface area contributed by atoms with E-state index < -0.39 is 20.8 Å². The molecule has 0 amide bonds. The minimum absolute atomic E-state index is 0.760. The summed E-state index contributed by atoms with van der Waals surface area (Å²) in [6, 6.07) is 0. The minimum atomic E-state index is -0.826. The molecule has 3 heteroatoms. The first-order chi connectivity index (χ1) is 14.2. The fraction of sp³-hybridized carbons (Fsp3) is 0.462. The number of hydrogen-bond acceptors (Lipinski definition) is 0. The number of hydrogen-bond donors (Lipinski definition) is 0. The number of allylic oxidation sites excluding steroid dienone is 2. The molecule has 4 saturated carbocycles. The molecule has 0 aromatic rings. The summed E-state index contributed by atoms with van der Waals surface area (Å²) in [4.78, 5) is 0. The first-order valence-electron chi connectivity index (χ1n) is 11.0. The molecule has 4 rings (SSSR count). The summed E-state index contributed by atoms with van der Waals surface area (Å²) in [6.07, 6.45) is 30.9. The van der Waals surface area contributed by atoms with Crippen molar-refractivity contribution in [2.75, 3.05) is 0 Å². The van der Waals surface area contributed by atoms with Crippen LogP contribution in [0.2, 0.25) is 0 Å². The first-order valence-corrected chi connectivity index (χ1v) is 17.3. The van der Waals surface area contributed by atoms with Gasteiger partial charge in [0.2, 0.25) is 0 Å². The molecule has 0 bridgehead atoms. The Hall–Kier alpha value is 0.943. The van der Waals surface area contributed by atoms with Crippen molar-refractivity contribution in [1.82, 2.24) is 0 Å². The maximum absolute atomic E-state index is 4.93. The predicted molar refractivity (Wildman–Crippen MR) is 124 cm³/mol. The van der Waals surface area contributed by atoms with Gasteiger partial charge < -0.3 is 0 Å². The van der Waals surface area contributed by atoms with Crippen LogP contribution in [0.1, 0.15) is 64.2 Å². The van der Waals surface area contributed by atoms with Crippen molar-refractivity contribution in [1.29, 1.82) is 0 Å². The second-order valence-corrected chi connectivity index (χ2v) is 11.9. The molecular formula is C26H34Cl2Zr. The Labute approximate surface area is 200 Å². The van der Waals surface area contributed by atoms with E-state index in [9.17, 15) is 0 Å². The molecule has 0 spiro atoms. The Morgan fingerprint density at radius 2 is 0.897 bits per heavy atom. The summed E-state index contributed by atoms with van der Waals surface area (Å²) in [5, 5.41) is 0. The molecule has 0 atom stereocenters. The quantitative estimate of drug-likeness (QED) is 0.357. The van der Waals surface area contributed by atoms with E-state index in [1.54, 1.807) is 0 Å². The SMILES string of the molecule is C=C([C]1[CH][CH][CH][CH]1)C1CCCCC1.C=C([C]1[CH][CH][CH][CH]1)C1CCCCC1.[Cl][Zr][Cl]. The average molecular weight is 509 g/mol. The van der Waals surface area contributed by atoms with Crippen LogP contribution in [-0.4, -0.2) is 0 Å². The van der Waals surface area contributed by atoms with Crippen LogP contribution >= 0.6 is 17.0 Å². The molecule has 0 aromatic carbocycles. The second-order valence-electron chi connectivity index (χ2n) is 8.14. The second kappa shape index (κ2) is 15.7. The molecule has 0 saturated heterocycles. The molecule has 0 unspecified atom stereocenters. The van der Waals surface area contributed by atoms with Gasteiger partial charge in [0.25, 0.3) is 0 Å². The van der Waals surface area contributed by atoms with E-state index in [4.69, 9.17) is 17.0 Å². The number of halogens is 2. The normalized spacial score (nSPS) is 24.2. The van der Waals surface area contributed by atoms with Gasteiger partial charge in [0.05, 0.1) is 0 Å². The Morgan fingerprint density at radius 3 is 1.17 bits per heavy atom. The van der Waals surface area contributed by atoms with Crippen molar-refractivity contribution in [2.24, 2.45) is 11.8 Å². The van der Waals surface area contributed by atoms with Gasteiger partial charge in [0.15, 0.2) is 0 Å². The third-order valence-corrected chi connectivity index (χ3v) is 6.26. The topological polar surface area (TPSA) is 0 Å². The zero-order chi connectivity index (χ0) is 20.9. The fourth-order valence-corrected chi connectivity index (χ4v) is 4.55. The van der Waals surface area contributed by atoms with Crippen LogP contribution in [0.4, 0.5) is 0 Å². The third-order valence-electron chi connectivity index (χ3n) is 6.26. The van der Waals surface area contributed by atoms with Crippen molar-refractivity contribution in [3.63, 3.8) is 0 Å². The van der Waals surface area contributed by atoms with Crippen LogP contribution in [0.5, 0.6) is 0 Å². The Morgan fingerprint density at radius 1 is 0.621 bits per heavy atom. The summed E-state index contributed by atoms with van der Waals surface area (Å²) in [5.74, 6) is 4.23. The van der Waals surface area contributed by atoms with Gasteiger partial charge in [-0.25, -0.2) is 0 Å². The van der Waals surface area contributed by atoms with Gasteiger partial charge in [0.1, 0.15) is 0 Å². The van der Waals surface area contributed by atoms with E-state index in [1.165, 1.54) is 87.2 Å². The zero-order valence-electron chi connectivity index (χ0n) is 17.5. The van der Waals surface area contributed by atoms with Crippen molar-refractivity contribution in [2.45, 2.75) is 64.2 Å². The van der Waals surface area contributed by atoms with Crippen LogP contribution in [0, 0.1) is 75.0 Å². The van der Waals surface area contributed by atoms with Crippen LogP contribution in [-0.2, 0) is 20.8 Å². The number of rotatable bonds is 4. The standard InChI is InChI=1S/2C13H17.2ClH.Zr/c2*1-11(13-9-5-6-10-13)12-7-3-2-4-8-12;;;/h2*5-6,9-10,12H,1-4,7-8H2;2*1H;/q;;;;+2/p-2. The Kier molecular flexibility index (Phi) is 14.2. The Bertz CT molecular complexity index is 409. The van der Waals surface area contributed by atoms with E-state index in [1.807, 2.05) is 0 Å². The summed E-state index contributed by atoms with van der Waals surface area (Å²) >= 11 is -0.826. The van der Waals surface area contributed by atoms with Crippen LogP contribution in [0.15, 0.2) is 24.3 Å². The van der Waals surface area contributed by atoms with Gasteiger partial charge in [-0.3, -0.25) is 0 Å². The van der Waals surface area contributed by atoms with Gasteiger partial charge in [0, 0.05) is 11.8 Å². The predicted octanol–water partition coefficient (Wildman–Crippen LogP) is 8.43. The molecule has 29 heavy (non-hydrogen) atoms. The Balaban J connectivity index is 0.000000183. The van der Waals surface area contributed by atoms with Gasteiger partial charge in [-0.1, -0.05) is 62.8 Å². The molecule has 0 aliphatic heterocycles. The molecule has 4 fully saturated rings. The van der Waals surface area contributed by atoms with Crippen LogP contribution < -0.4 is 0 Å². The van der Waals surface area contributed by atoms with Crippen molar-refractivity contribution in [3.8, 4) is 0 Å². The van der Waals surface area contributed by atoms with E-state index in [2.05, 4.69) is 64.5 Å². The van der Waals surface area contributed by atoms with E-state index in [0.29, 0.717) is 0 Å². The molecule has 0 N–H and O–H groups in total. The van der Waals surface area contributed by atoms with Crippen molar-refractivity contribution in [3.05, 3.63) is 87.5 Å². The molecule has 0 aromatic heterocycles. The van der Waals surface area contributed by atoms with E-state index in [0.717, 1.165) is 11.8 Å². The van der Waals surface area contributed by atoms with Gasteiger partial charge in [-0.2, -0.15) is 0 Å². The zero-order valence-corrected chi connectivity index (χ0v) is 21.5. The van der Waals surface area contributed by atoms with Crippen molar-refractivity contribution >= 4 is 17.0 Å². The third kappa shape index (κ3) is 9.53. The van der Waals surface area contributed by atoms with Crippen LogP contribution in [0.25, 0.3) is 0 Å². The molecule has 0 heterocycles. The maximum atomic E-state index is 4.93. The summed E-state index contributed by atoms with van der Waals surface area (Å²) < 4.78 is 0. The summed E-state index contributed by atoms with van der Waals surface area (Å²) in [6.45, 7) is 8.44. The van der Waals surface area contributed by atoms with E-state index >= 15 is 0 Å². The van der Waals surface area contributed by atoms with Gasteiger partial charge in [-0.15, -0.1) is 0 Å². The molecule has 10 radical (unpaired) electrons. The molecule has 156 valence electrons. The first kappa shape index (κ1) is 26.2. The molecular weight excluding hydrogens is 474 g/mol. The van der Waals surface area contributed by atoms with Gasteiger partial charge >= 0.3 is 37.9 Å². The average Bonchev–Trinajstić information content (AvgIpc) is 3.49. The summed E-state index contributed by atoms with van der Waals surface area (Å²) in [5.41, 5.74) is 2.73. The monoisotopic (exact) mass is 506 g/mol. The summed E-state index contributed by atoms with van der Waals surface area (Å²) in [7, 11) is 9.87. The molecule has 0 nitrogen and oxygen atoms in total. The van der Waals surface area contributed by atoms with Crippen molar-refractivity contribution < 1.29 is 20.8 Å². The van der Waals surface area contributed by atoms with Gasteiger partial charge in [-0.05, 0) is 88.9 Å². The van der Waals surface area contributed by atoms with Crippen LogP contribution in [0.3, 0.4) is 0 Å². The fourth-order valence-electron chi connectivity index (χ4n) is 4.55. The van der Waals surface area contributed by atoms with E-state index in [-0.39, 0.29) is 0 Å².